The maximum atomic E-state index is 12.2. The van der Waals surface area contributed by atoms with Crippen LogP contribution in [0.1, 0.15) is 38.0 Å². The summed E-state index contributed by atoms with van der Waals surface area (Å²) in [5.41, 5.74) is 1.55. The summed E-state index contributed by atoms with van der Waals surface area (Å²) in [6.07, 6.45) is 5.19. The molecule has 15 nitrogen and oxygen atoms in total. The fraction of sp³-hybridized carbons (Fsp3) is 0.564. The molecule has 0 saturated heterocycles. The highest BCUT2D eigenvalue weighted by Crippen LogP contribution is 2.13. The van der Waals surface area contributed by atoms with Gasteiger partial charge in [-0.1, -0.05) is 24.1 Å². The number of rotatable bonds is 35. The van der Waals surface area contributed by atoms with Crippen molar-refractivity contribution in [2.24, 2.45) is 0 Å². The summed E-state index contributed by atoms with van der Waals surface area (Å²) < 4.78 is 54.6. The van der Waals surface area contributed by atoms with Gasteiger partial charge in [0.15, 0.2) is 5.78 Å². The molecule has 15 heteroatoms. The zero-order chi connectivity index (χ0) is 38.7. The molecular weight excluding hydrogens is 704 g/mol. The van der Waals surface area contributed by atoms with Gasteiger partial charge >= 0.3 is 0 Å². The first-order valence-corrected chi connectivity index (χ1v) is 18.0. The lowest BCUT2D eigenvalue weighted by molar-refractivity contribution is -0.0248. The Labute approximate surface area is 318 Å². The van der Waals surface area contributed by atoms with Crippen LogP contribution in [0.15, 0.2) is 48.5 Å². The Bertz CT molecular complexity index is 1320. The van der Waals surface area contributed by atoms with Gasteiger partial charge in [0.25, 0.3) is 11.8 Å². The number of carbonyl (C=O) groups excluding carboxylic acids is 3. The third kappa shape index (κ3) is 24.4. The first kappa shape index (κ1) is 46.2. The zero-order valence-electron chi connectivity index (χ0n) is 31.4. The van der Waals surface area contributed by atoms with Crippen LogP contribution < -0.4 is 15.4 Å². The predicted molar refractivity (Wildman–Crippen MR) is 199 cm³/mol. The molecule has 0 aliphatic carbocycles. The highest BCUT2D eigenvalue weighted by Gasteiger charge is 2.07. The zero-order valence-corrected chi connectivity index (χ0v) is 31.4. The van der Waals surface area contributed by atoms with Crippen LogP contribution in [-0.4, -0.2) is 156 Å². The van der Waals surface area contributed by atoms with Crippen LogP contribution in [0.3, 0.4) is 0 Å². The minimum absolute atomic E-state index is 0.0403. The van der Waals surface area contributed by atoms with Crippen LogP contribution >= 0.6 is 0 Å². The van der Waals surface area contributed by atoms with E-state index in [2.05, 4.69) is 16.6 Å². The van der Waals surface area contributed by atoms with E-state index in [1.54, 1.807) is 48.5 Å². The number of ketones is 1. The molecule has 0 aliphatic rings. The summed E-state index contributed by atoms with van der Waals surface area (Å²) in [7, 11) is 0. The van der Waals surface area contributed by atoms with Crippen molar-refractivity contribution in [3.05, 3.63) is 65.2 Å². The molecule has 2 aromatic rings. The van der Waals surface area contributed by atoms with Crippen molar-refractivity contribution in [3.63, 3.8) is 0 Å². The van der Waals surface area contributed by atoms with Crippen molar-refractivity contribution >= 4 is 17.6 Å². The molecule has 2 amide bonds. The molecule has 2 N–H and O–H groups in total. The molecule has 0 aliphatic heterocycles. The van der Waals surface area contributed by atoms with E-state index in [-0.39, 0.29) is 24.2 Å². The van der Waals surface area contributed by atoms with Crippen LogP contribution in [0.4, 0.5) is 0 Å². The van der Waals surface area contributed by atoms with E-state index in [9.17, 15) is 14.4 Å². The van der Waals surface area contributed by atoms with E-state index < -0.39 is 0 Å². The molecular formula is C39H56N2O13. The number of amides is 2. The molecule has 2 rings (SSSR count). The van der Waals surface area contributed by atoms with Gasteiger partial charge in [0.1, 0.15) is 12.4 Å². The topological polar surface area (TPSA) is 168 Å². The van der Waals surface area contributed by atoms with Gasteiger partial charge < -0.3 is 58.0 Å². The summed E-state index contributed by atoms with van der Waals surface area (Å²) in [4.78, 5) is 35.6. The maximum absolute atomic E-state index is 12.2. The third-order valence-corrected chi connectivity index (χ3v) is 7.01. The average Bonchev–Trinajstić information content (AvgIpc) is 3.19. The van der Waals surface area contributed by atoms with Gasteiger partial charge in [-0.3, -0.25) is 14.4 Å². The molecule has 0 unspecified atom stereocenters. The standard InChI is InChI=1S/C39H56N2O13/c1-3-13-54-37-6-4-5-36(32-37)39(44)41-12-15-46-17-19-48-21-23-50-25-27-52-29-31-53-30-28-51-26-24-49-22-20-47-18-16-45-14-11-40-38(43)35-9-7-34(8-10-35)33(2)42/h1,4-10,32H,11-31H2,2H3,(H,40,43)(H,41,44). The number of benzene rings is 2. The molecule has 0 atom stereocenters. The third-order valence-electron chi connectivity index (χ3n) is 7.01. The van der Waals surface area contributed by atoms with Gasteiger partial charge in [-0.05, 0) is 37.3 Å². The average molecular weight is 761 g/mol. The van der Waals surface area contributed by atoms with Crippen molar-refractivity contribution in [2.45, 2.75) is 6.92 Å². The Kier molecular flexibility index (Phi) is 27.8. The van der Waals surface area contributed by atoms with Crippen LogP contribution in [-0.2, 0) is 42.6 Å². The Morgan fingerprint density at radius 3 is 1.22 bits per heavy atom. The summed E-state index contributed by atoms with van der Waals surface area (Å²) >= 11 is 0. The van der Waals surface area contributed by atoms with Crippen molar-refractivity contribution < 1.29 is 61.8 Å². The van der Waals surface area contributed by atoms with Gasteiger partial charge in [-0.15, -0.1) is 6.42 Å². The second-order valence-electron chi connectivity index (χ2n) is 11.2. The Morgan fingerprint density at radius 1 is 0.500 bits per heavy atom. The monoisotopic (exact) mass is 760 g/mol. The summed E-state index contributed by atoms with van der Waals surface area (Å²) in [5.74, 6) is 2.46. The van der Waals surface area contributed by atoms with Crippen LogP contribution in [0, 0.1) is 12.3 Å². The van der Waals surface area contributed by atoms with E-state index in [4.69, 9.17) is 53.8 Å². The van der Waals surface area contributed by atoms with Crippen molar-refractivity contribution in [1.29, 1.82) is 0 Å². The smallest absolute Gasteiger partial charge is 0.251 e. The minimum Gasteiger partial charge on any atom is -0.481 e. The van der Waals surface area contributed by atoms with Gasteiger partial charge in [0, 0.05) is 29.8 Å². The molecule has 0 radical (unpaired) electrons. The molecule has 54 heavy (non-hydrogen) atoms. The quantitative estimate of drug-likeness (QED) is 0.0597. The van der Waals surface area contributed by atoms with Crippen LogP contribution in [0.2, 0.25) is 0 Å². The lowest BCUT2D eigenvalue weighted by atomic mass is 10.1. The van der Waals surface area contributed by atoms with E-state index in [1.807, 2.05) is 0 Å². The molecule has 0 aromatic heterocycles. The van der Waals surface area contributed by atoms with E-state index in [0.29, 0.717) is 154 Å². The van der Waals surface area contributed by atoms with E-state index in [1.165, 1.54) is 6.92 Å². The van der Waals surface area contributed by atoms with Crippen molar-refractivity contribution in [2.75, 3.05) is 139 Å². The minimum atomic E-state index is -0.215. The second-order valence-corrected chi connectivity index (χ2v) is 11.2. The van der Waals surface area contributed by atoms with Crippen LogP contribution in [0.5, 0.6) is 5.75 Å². The molecule has 0 saturated carbocycles. The highest BCUT2D eigenvalue weighted by atomic mass is 16.6. The first-order valence-electron chi connectivity index (χ1n) is 18.0. The van der Waals surface area contributed by atoms with E-state index in [0.717, 1.165) is 0 Å². The number of Topliss-reactive ketones (excluding diaryl/α,β-unsaturated/α-hetero) is 1. The number of terminal acetylenes is 1. The second kappa shape index (κ2) is 32.5. The first-order chi connectivity index (χ1) is 26.5. The molecule has 0 bridgehead atoms. The number of ether oxygens (including phenoxy) is 10. The number of carbonyl (C=O) groups is 3. The van der Waals surface area contributed by atoms with Crippen LogP contribution in [0.25, 0.3) is 0 Å². The molecule has 2 aromatic carbocycles. The lowest BCUT2D eigenvalue weighted by Crippen LogP contribution is -2.27. The fourth-order valence-electron chi connectivity index (χ4n) is 4.25. The van der Waals surface area contributed by atoms with Gasteiger partial charge in [0.2, 0.25) is 0 Å². The summed E-state index contributed by atoms with van der Waals surface area (Å²) in [6.45, 7) is 10.3. The SMILES string of the molecule is C#CCOc1cccc(C(=O)NCCOCCOCCOCCOCCOCCOCCOCCOCCOCCNC(=O)c2ccc(C(C)=O)cc2)c1. The Hall–Kier alpha value is -3.95. The highest BCUT2D eigenvalue weighted by molar-refractivity contribution is 5.97. The van der Waals surface area contributed by atoms with Crippen molar-refractivity contribution in [1.82, 2.24) is 10.6 Å². The van der Waals surface area contributed by atoms with Crippen molar-refractivity contribution in [3.8, 4) is 18.1 Å². The molecule has 0 fully saturated rings. The summed E-state index contributed by atoms with van der Waals surface area (Å²) in [5, 5.41) is 5.56. The normalized spacial score (nSPS) is 10.9. The number of nitrogens with one attached hydrogen (secondary N) is 2. The van der Waals surface area contributed by atoms with Gasteiger partial charge in [-0.25, -0.2) is 0 Å². The molecule has 0 spiro atoms. The lowest BCUT2D eigenvalue weighted by Gasteiger charge is -2.09. The number of hydrogen-bond donors (Lipinski definition) is 2. The molecule has 0 heterocycles. The molecule has 300 valence electrons. The Morgan fingerprint density at radius 2 is 0.852 bits per heavy atom. The number of hydrogen-bond acceptors (Lipinski definition) is 13. The Balaban J connectivity index is 1.21. The van der Waals surface area contributed by atoms with Gasteiger partial charge in [0.05, 0.1) is 119 Å². The summed E-state index contributed by atoms with van der Waals surface area (Å²) in [6, 6.07) is 13.3. The van der Waals surface area contributed by atoms with E-state index >= 15 is 0 Å². The maximum Gasteiger partial charge on any atom is 0.251 e. The largest absolute Gasteiger partial charge is 0.481 e. The predicted octanol–water partition coefficient (Wildman–Crippen LogP) is 2.21. The fourth-order valence-corrected chi connectivity index (χ4v) is 4.25. The van der Waals surface area contributed by atoms with Gasteiger partial charge in [-0.2, -0.15) is 0 Å².